The predicted molar refractivity (Wildman–Crippen MR) is 85.8 cm³/mol. The van der Waals surface area contributed by atoms with Crippen molar-refractivity contribution >= 4 is 38.6 Å². The van der Waals surface area contributed by atoms with Crippen molar-refractivity contribution in [1.82, 2.24) is 19.7 Å². The van der Waals surface area contributed by atoms with E-state index in [1.807, 2.05) is 13.0 Å². The molecule has 4 nitrogen and oxygen atoms in total. The summed E-state index contributed by atoms with van der Waals surface area (Å²) in [4.78, 5) is 8.66. The van der Waals surface area contributed by atoms with Gasteiger partial charge in [-0.15, -0.1) is 11.8 Å². The molecule has 3 aromatic rings. The lowest BCUT2D eigenvalue weighted by Gasteiger charge is -2.07. The van der Waals surface area contributed by atoms with Gasteiger partial charge in [-0.25, -0.2) is 9.67 Å². The molecule has 3 aromatic heterocycles. The predicted octanol–water partition coefficient (Wildman–Crippen LogP) is 4.71. The van der Waals surface area contributed by atoms with E-state index in [9.17, 15) is 13.2 Å². The molecule has 3 rings (SSSR count). The Morgan fingerprint density at radius 1 is 1.22 bits per heavy atom. The van der Waals surface area contributed by atoms with Crippen LogP contribution in [0.3, 0.4) is 0 Å². The number of pyridine rings is 2. The Kier molecular flexibility index (Phi) is 4.33. The van der Waals surface area contributed by atoms with Crippen LogP contribution in [0.1, 0.15) is 12.6 Å². The first-order valence-corrected chi connectivity index (χ1v) is 8.37. The van der Waals surface area contributed by atoms with Crippen LogP contribution in [-0.4, -0.2) is 25.5 Å². The van der Waals surface area contributed by atoms with Crippen LogP contribution in [0.5, 0.6) is 0 Å². The number of aromatic nitrogens is 4. The van der Waals surface area contributed by atoms with Crippen molar-refractivity contribution in [3.8, 4) is 5.82 Å². The van der Waals surface area contributed by atoms with Crippen molar-refractivity contribution < 1.29 is 13.2 Å². The zero-order valence-electron chi connectivity index (χ0n) is 11.8. The van der Waals surface area contributed by atoms with Crippen LogP contribution >= 0.6 is 27.7 Å². The van der Waals surface area contributed by atoms with Crippen molar-refractivity contribution in [2.75, 3.05) is 5.75 Å². The Bertz CT molecular complexity index is 863. The van der Waals surface area contributed by atoms with Crippen LogP contribution in [0.4, 0.5) is 13.2 Å². The molecule has 0 aliphatic rings. The van der Waals surface area contributed by atoms with Gasteiger partial charge in [0.1, 0.15) is 5.69 Å². The lowest BCUT2D eigenvalue weighted by molar-refractivity contribution is -0.141. The number of fused-ring (bicyclic) bond motifs is 1. The second kappa shape index (κ2) is 6.12. The highest BCUT2D eigenvalue weighted by Gasteiger charge is 2.32. The van der Waals surface area contributed by atoms with Gasteiger partial charge in [0.05, 0.1) is 10.4 Å². The zero-order chi connectivity index (χ0) is 16.6. The molecule has 0 saturated heterocycles. The first-order valence-electron chi connectivity index (χ1n) is 6.60. The Hall–Kier alpha value is -1.61. The standard InChI is InChI=1S/C14H10BrF3N4S/c1-2-23-11-3-9(15)6-20-13(11)22-7-8-5-19-12(14(16,17)18)4-10(8)21-22/h3-7H,2H2,1H3. The van der Waals surface area contributed by atoms with E-state index in [2.05, 4.69) is 31.0 Å². The average molecular weight is 403 g/mol. The van der Waals surface area contributed by atoms with Gasteiger partial charge in [0.25, 0.3) is 0 Å². The summed E-state index contributed by atoms with van der Waals surface area (Å²) in [5.41, 5.74) is -0.730. The molecule has 0 spiro atoms. The number of alkyl halides is 3. The molecule has 0 radical (unpaired) electrons. The number of rotatable bonds is 3. The van der Waals surface area contributed by atoms with Gasteiger partial charge >= 0.3 is 6.18 Å². The first-order chi connectivity index (χ1) is 10.9. The summed E-state index contributed by atoms with van der Waals surface area (Å²) in [5, 5.41) is 4.74. The lowest BCUT2D eigenvalue weighted by Crippen LogP contribution is -2.07. The molecule has 120 valence electrons. The zero-order valence-corrected chi connectivity index (χ0v) is 14.2. The summed E-state index contributed by atoms with van der Waals surface area (Å²) < 4.78 is 40.5. The highest BCUT2D eigenvalue weighted by Crippen LogP contribution is 2.31. The van der Waals surface area contributed by atoms with Gasteiger partial charge in [-0.05, 0) is 33.8 Å². The quantitative estimate of drug-likeness (QED) is 0.595. The number of hydrogen-bond donors (Lipinski definition) is 0. The fraction of sp³-hybridized carbons (Fsp3) is 0.214. The van der Waals surface area contributed by atoms with Gasteiger partial charge in [-0.2, -0.15) is 18.3 Å². The minimum Gasteiger partial charge on any atom is -0.251 e. The summed E-state index contributed by atoms with van der Waals surface area (Å²) in [5.74, 6) is 1.41. The maximum atomic E-state index is 12.7. The molecule has 0 bridgehead atoms. The van der Waals surface area contributed by atoms with E-state index < -0.39 is 11.9 Å². The van der Waals surface area contributed by atoms with Crippen LogP contribution in [0, 0.1) is 0 Å². The molecule has 0 saturated carbocycles. The topological polar surface area (TPSA) is 43.6 Å². The maximum absolute atomic E-state index is 12.7. The van der Waals surface area contributed by atoms with E-state index in [1.165, 1.54) is 10.9 Å². The first kappa shape index (κ1) is 16.3. The highest BCUT2D eigenvalue weighted by molar-refractivity contribution is 9.10. The van der Waals surface area contributed by atoms with Crippen LogP contribution < -0.4 is 0 Å². The molecule has 0 unspecified atom stereocenters. The summed E-state index contributed by atoms with van der Waals surface area (Å²) in [7, 11) is 0. The molecule has 0 fully saturated rings. The molecule has 0 aliphatic carbocycles. The largest absolute Gasteiger partial charge is 0.433 e. The van der Waals surface area contributed by atoms with E-state index in [-0.39, 0.29) is 5.52 Å². The third-order valence-electron chi connectivity index (χ3n) is 3.00. The van der Waals surface area contributed by atoms with Gasteiger partial charge in [-0.1, -0.05) is 6.92 Å². The molecule has 0 aromatic carbocycles. The Morgan fingerprint density at radius 2 is 2.00 bits per heavy atom. The molecular weight excluding hydrogens is 393 g/mol. The molecule has 3 heterocycles. The van der Waals surface area contributed by atoms with Crippen LogP contribution in [0.25, 0.3) is 16.7 Å². The average Bonchev–Trinajstić information content (AvgIpc) is 2.89. The second-order valence-corrected chi connectivity index (χ2v) is 6.83. The van der Waals surface area contributed by atoms with Crippen molar-refractivity contribution in [3.63, 3.8) is 0 Å². The van der Waals surface area contributed by atoms with E-state index in [4.69, 9.17) is 0 Å². The Morgan fingerprint density at radius 3 is 2.70 bits per heavy atom. The molecule has 0 atom stereocenters. The van der Waals surface area contributed by atoms with Crippen molar-refractivity contribution in [3.05, 3.63) is 40.9 Å². The number of halogens is 4. The van der Waals surface area contributed by atoms with Gasteiger partial charge in [0.2, 0.25) is 0 Å². The normalized spacial score (nSPS) is 12.0. The Balaban J connectivity index is 2.11. The molecular formula is C14H10BrF3N4S. The maximum Gasteiger partial charge on any atom is 0.433 e. The summed E-state index contributed by atoms with van der Waals surface area (Å²) in [6, 6.07) is 2.85. The number of thioether (sulfide) groups is 1. The summed E-state index contributed by atoms with van der Waals surface area (Å²) in [6.07, 6.45) is -0.0660. The molecule has 23 heavy (non-hydrogen) atoms. The Labute approximate surface area is 142 Å². The van der Waals surface area contributed by atoms with Gasteiger partial charge in [-0.3, -0.25) is 4.98 Å². The van der Waals surface area contributed by atoms with Crippen LogP contribution in [-0.2, 0) is 6.18 Å². The summed E-state index contributed by atoms with van der Waals surface area (Å²) in [6.45, 7) is 2.01. The minimum absolute atomic E-state index is 0.226. The molecule has 0 N–H and O–H groups in total. The second-order valence-electron chi connectivity index (χ2n) is 4.61. The van der Waals surface area contributed by atoms with E-state index in [0.717, 1.165) is 21.2 Å². The molecule has 0 aliphatic heterocycles. The third-order valence-corrected chi connectivity index (χ3v) is 4.33. The monoisotopic (exact) mass is 402 g/mol. The summed E-state index contributed by atoms with van der Waals surface area (Å²) >= 11 is 4.94. The van der Waals surface area contributed by atoms with Crippen molar-refractivity contribution in [2.24, 2.45) is 0 Å². The number of nitrogens with zero attached hydrogens (tertiary/aromatic N) is 4. The van der Waals surface area contributed by atoms with Crippen LogP contribution in [0.2, 0.25) is 0 Å². The highest BCUT2D eigenvalue weighted by atomic mass is 79.9. The lowest BCUT2D eigenvalue weighted by atomic mass is 10.3. The molecule has 9 heteroatoms. The van der Waals surface area contributed by atoms with E-state index in [0.29, 0.717) is 11.2 Å². The third kappa shape index (κ3) is 3.35. The molecule has 0 amide bonds. The van der Waals surface area contributed by atoms with Gasteiger partial charge in [0, 0.05) is 28.4 Å². The fourth-order valence-electron chi connectivity index (χ4n) is 2.03. The van der Waals surface area contributed by atoms with Gasteiger partial charge in [0.15, 0.2) is 5.82 Å². The SMILES string of the molecule is CCSc1cc(Br)cnc1-n1cc2cnc(C(F)(F)F)cc2n1. The smallest absolute Gasteiger partial charge is 0.251 e. The van der Waals surface area contributed by atoms with E-state index in [1.54, 1.807) is 24.2 Å². The number of hydrogen-bond acceptors (Lipinski definition) is 4. The van der Waals surface area contributed by atoms with Crippen LogP contribution in [0.15, 0.2) is 40.1 Å². The van der Waals surface area contributed by atoms with E-state index >= 15 is 0 Å². The van der Waals surface area contributed by atoms with Crippen molar-refractivity contribution in [1.29, 1.82) is 0 Å². The fourth-order valence-corrected chi connectivity index (χ4v) is 3.31. The van der Waals surface area contributed by atoms with Crippen molar-refractivity contribution in [2.45, 2.75) is 18.0 Å². The van der Waals surface area contributed by atoms with Gasteiger partial charge < -0.3 is 0 Å². The minimum atomic E-state index is -4.49.